The summed E-state index contributed by atoms with van der Waals surface area (Å²) in [5, 5.41) is 9.37. The minimum atomic E-state index is -0.106. The van der Waals surface area contributed by atoms with Gasteiger partial charge >= 0.3 is 0 Å². The molecule has 0 spiro atoms. The maximum atomic E-state index is 11.2. The minimum Gasteiger partial charge on any atom is -0.378 e. The number of halogens is 1. The molecule has 2 heterocycles. The number of benzene rings is 2. The molecule has 31 heavy (non-hydrogen) atoms. The highest BCUT2D eigenvalue weighted by Crippen LogP contribution is 2.32. The Hall–Kier alpha value is -3.17. The van der Waals surface area contributed by atoms with Gasteiger partial charge in [-0.15, -0.1) is 0 Å². The quantitative estimate of drug-likeness (QED) is 0.475. The van der Waals surface area contributed by atoms with Crippen LogP contribution in [-0.2, 0) is 9.53 Å². The fourth-order valence-electron chi connectivity index (χ4n) is 3.27. The Bertz CT molecular complexity index is 1050. The van der Waals surface area contributed by atoms with E-state index in [9.17, 15) is 4.79 Å². The van der Waals surface area contributed by atoms with E-state index in [2.05, 4.69) is 52.8 Å². The molecule has 0 saturated carbocycles. The van der Waals surface area contributed by atoms with E-state index in [-0.39, 0.29) is 5.91 Å². The molecule has 3 aromatic rings. The Balaban J connectivity index is 1.52. The molecule has 0 bridgehead atoms. The van der Waals surface area contributed by atoms with E-state index in [0.29, 0.717) is 11.8 Å². The largest absolute Gasteiger partial charge is 0.378 e. The van der Waals surface area contributed by atoms with Crippen molar-refractivity contribution in [3.05, 3.63) is 59.2 Å². The number of hydrogen-bond donors (Lipinski definition) is 3. The Morgan fingerprint density at radius 1 is 1.03 bits per heavy atom. The van der Waals surface area contributed by atoms with Gasteiger partial charge in [0.1, 0.15) is 5.82 Å². The Kier molecular flexibility index (Phi) is 6.63. The second-order valence-corrected chi connectivity index (χ2v) is 7.87. The third-order valence-electron chi connectivity index (χ3n) is 4.71. The number of para-hydroxylation sites is 2. The fraction of sp³-hybridized carbons (Fsp3) is 0.227. The zero-order valence-electron chi connectivity index (χ0n) is 17.1. The molecular formula is C22H23BrN6O2. The average molecular weight is 483 g/mol. The number of nitrogens with zero attached hydrogens (tertiary/aromatic N) is 3. The summed E-state index contributed by atoms with van der Waals surface area (Å²) in [7, 11) is 0. The third kappa shape index (κ3) is 5.50. The number of aromatic nitrogens is 2. The number of amides is 1. The average Bonchev–Trinajstić information content (AvgIpc) is 2.78. The highest BCUT2D eigenvalue weighted by atomic mass is 79.9. The van der Waals surface area contributed by atoms with Crippen molar-refractivity contribution in [1.29, 1.82) is 0 Å². The van der Waals surface area contributed by atoms with E-state index in [1.807, 2.05) is 42.5 Å². The van der Waals surface area contributed by atoms with Gasteiger partial charge < -0.3 is 25.6 Å². The first kappa shape index (κ1) is 21.1. The van der Waals surface area contributed by atoms with Crippen molar-refractivity contribution in [1.82, 2.24) is 9.97 Å². The molecule has 3 N–H and O–H groups in total. The molecule has 9 heteroatoms. The van der Waals surface area contributed by atoms with Crippen LogP contribution in [0.4, 0.5) is 34.5 Å². The van der Waals surface area contributed by atoms with E-state index in [1.165, 1.54) is 6.92 Å². The fourth-order valence-corrected chi connectivity index (χ4v) is 3.56. The Morgan fingerprint density at radius 3 is 2.48 bits per heavy atom. The molecule has 1 aliphatic rings. The van der Waals surface area contributed by atoms with Gasteiger partial charge in [0.15, 0.2) is 0 Å². The second-order valence-electron chi connectivity index (χ2n) is 7.02. The van der Waals surface area contributed by atoms with Crippen LogP contribution in [0.5, 0.6) is 0 Å². The number of anilines is 6. The lowest BCUT2D eigenvalue weighted by Crippen LogP contribution is -2.36. The van der Waals surface area contributed by atoms with Gasteiger partial charge in [0, 0.05) is 37.6 Å². The van der Waals surface area contributed by atoms with E-state index in [0.717, 1.165) is 53.5 Å². The summed E-state index contributed by atoms with van der Waals surface area (Å²) in [5.41, 5.74) is 3.63. The van der Waals surface area contributed by atoms with Crippen LogP contribution in [-0.4, -0.2) is 42.2 Å². The molecule has 1 saturated heterocycles. The highest BCUT2D eigenvalue weighted by molar-refractivity contribution is 9.10. The van der Waals surface area contributed by atoms with Crippen molar-refractivity contribution in [2.24, 2.45) is 0 Å². The number of morpholine rings is 1. The van der Waals surface area contributed by atoms with Crippen LogP contribution < -0.4 is 20.9 Å². The van der Waals surface area contributed by atoms with Crippen LogP contribution in [0.1, 0.15) is 6.92 Å². The summed E-state index contributed by atoms with van der Waals surface area (Å²) in [6.07, 6.45) is 1.71. The van der Waals surface area contributed by atoms with Crippen molar-refractivity contribution in [2.75, 3.05) is 47.2 Å². The minimum absolute atomic E-state index is 0.106. The summed E-state index contributed by atoms with van der Waals surface area (Å²) in [6.45, 7) is 4.63. The lowest BCUT2D eigenvalue weighted by Gasteiger charge is -2.30. The van der Waals surface area contributed by atoms with E-state index < -0.39 is 0 Å². The van der Waals surface area contributed by atoms with Crippen molar-refractivity contribution in [3.8, 4) is 0 Å². The van der Waals surface area contributed by atoms with Crippen molar-refractivity contribution < 1.29 is 9.53 Å². The van der Waals surface area contributed by atoms with Gasteiger partial charge in [-0.05, 0) is 52.3 Å². The van der Waals surface area contributed by atoms with Crippen molar-refractivity contribution in [2.45, 2.75) is 6.92 Å². The summed E-state index contributed by atoms with van der Waals surface area (Å²) < 4.78 is 6.24. The second kappa shape index (κ2) is 9.76. The monoisotopic (exact) mass is 482 g/mol. The van der Waals surface area contributed by atoms with Gasteiger partial charge in [-0.3, -0.25) is 4.79 Å². The van der Waals surface area contributed by atoms with Crippen LogP contribution in [0.3, 0.4) is 0 Å². The van der Waals surface area contributed by atoms with Crippen LogP contribution >= 0.6 is 15.9 Å². The predicted molar refractivity (Wildman–Crippen MR) is 127 cm³/mol. The normalized spacial score (nSPS) is 13.5. The smallest absolute Gasteiger partial charge is 0.229 e. The molecule has 4 rings (SSSR count). The van der Waals surface area contributed by atoms with E-state index in [1.54, 1.807) is 6.20 Å². The molecule has 1 aromatic heterocycles. The van der Waals surface area contributed by atoms with Crippen LogP contribution in [0.15, 0.2) is 59.2 Å². The molecule has 8 nitrogen and oxygen atoms in total. The first-order valence-corrected chi connectivity index (χ1v) is 10.7. The van der Waals surface area contributed by atoms with Gasteiger partial charge in [-0.25, -0.2) is 4.98 Å². The first-order chi connectivity index (χ1) is 15.1. The van der Waals surface area contributed by atoms with Crippen LogP contribution in [0.2, 0.25) is 0 Å². The lowest BCUT2D eigenvalue weighted by molar-refractivity contribution is -0.114. The summed E-state index contributed by atoms with van der Waals surface area (Å²) in [4.78, 5) is 22.4. The van der Waals surface area contributed by atoms with Gasteiger partial charge in [0.05, 0.1) is 29.1 Å². The molecule has 0 aliphatic carbocycles. The molecule has 0 unspecified atom stereocenters. The van der Waals surface area contributed by atoms with Gasteiger partial charge in [-0.2, -0.15) is 4.98 Å². The summed E-state index contributed by atoms with van der Waals surface area (Å²) in [6, 6.07) is 15.5. The number of carbonyl (C=O) groups is 1. The summed E-state index contributed by atoms with van der Waals surface area (Å²) in [5.74, 6) is 1.01. The van der Waals surface area contributed by atoms with E-state index >= 15 is 0 Å². The van der Waals surface area contributed by atoms with Crippen molar-refractivity contribution >= 4 is 56.4 Å². The van der Waals surface area contributed by atoms with Gasteiger partial charge in [0.2, 0.25) is 11.9 Å². The standard InChI is InChI=1S/C22H23BrN6O2/c1-15(30)25-16-6-8-17(9-7-16)26-22-24-14-18(23)21(28-22)27-19-4-2-3-5-20(19)29-10-12-31-13-11-29/h2-9,14H,10-13H2,1H3,(H,25,30)(H2,24,26,27,28). The van der Waals surface area contributed by atoms with Crippen LogP contribution in [0, 0.1) is 0 Å². The van der Waals surface area contributed by atoms with Gasteiger partial charge in [0.25, 0.3) is 0 Å². The third-order valence-corrected chi connectivity index (χ3v) is 5.29. The number of ether oxygens (including phenoxy) is 1. The molecule has 0 radical (unpaired) electrons. The van der Waals surface area contributed by atoms with E-state index in [4.69, 9.17) is 4.74 Å². The molecular weight excluding hydrogens is 460 g/mol. The van der Waals surface area contributed by atoms with Crippen molar-refractivity contribution in [3.63, 3.8) is 0 Å². The van der Waals surface area contributed by atoms with Crippen LogP contribution in [0.25, 0.3) is 0 Å². The first-order valence-electron chi connectivity index (χ1n) is 9.94. The zero-order chi connectivity index (χ0) is 21.6. The Morgan fingerprint density at radius 2 is 1.74 bits per heavy atom. The SMILES string of the molecule is CC(=O)Nc1ccc(Nc2ncc(Br)c(Nc3ccccc3N3CCOCC3)n2)cc1. The van der Waals surface area contributed by atoms with Gasteiger partial charge in [-0.1, -0.05) is 12.1 Å². The number of hydrogen-bond acceptors (Lipinski definition) is 7. The molecule has 1 aliphatic heterocycles. The molecule has 1 fully saturated rings. The zero-order valence-corrected chi connectivity index (χ0v) is 18.6. The highest BCUT2D eigenvalue weighted by Gasteiger charge is 2.16. The number of rotatable bonds is 6. The molecule has 0 atom stereocenters. The maximum absolute atomic E-state index is 11.2. The lowest BCUT2D eigenvalue weighted by atomic mass is 10.2. The predicted octanol–water partition coefficient (Wildman–Crippen LogP) is 4.52. The number of nitrogens with one attached hydrogen (secondary N) is 3. The molecule has 160 valence electrons. The summed E-state index contributed by atoms with van der Waals surface area (Å²) >= 11 is 3.54. The molecule has 1 amide bonds. The molecule has 2 aromatic carbocycles. The number of carbonyl (C=O) groups excluding carboxylic acids is 1. The topological polar surface area (TPSA) is 91.4 Å². The maximum Gasteiger partial charge on any atom is 0.229 e. The Labute approximate surface area is 189 Å².